The lowest BCUT2D eigenvalue weighted by molar-refractivity contribution is 0.0953. The van der Waals surface area contributed by atoms with E-state index in [4.69, 9.17) is 9.72 Å². The lowest BCUT2D eigenvalue weighted by atomic mass is 10.1. The van der Waals surface area contributed by atoms with Gasteiger partial charge in [-0.15, -0.1) is 0 Å². The summed E-state index contributed by atoms with van der Waals surface area (Å²) in [6.07, 6.45) is 0.648. The SMILES string of the molecule is Cc1cccc(C(=O)NCCc2nc3ccccc3n2CCOc2c(C)cccc2C)c1. The Morgan fingerprint density at radius 2 is 1.72 bits per heavy atom. The molecule has 32 heavy (non-hydrogen) atoms. The van der Waals surface area contributed by atoms with Crippen molar-refractivity contribution in [3.05, 3.63) is 94.8 Å². The van der Waals surface area contributed by atoms with Gasteiger partial charge in [0.05, 0.1) is 17.6 Å². The predicted octanol–water partition coefficient (Wildman–Crippen LogP) is 5.01. The van der Waals surface area contributed by atoms with Gasteiger partial charge in [-0.1, -0.05) is 48.0 Å². The third kappa shape index (κ3) is 4.83. The van der Waals surface area contributed by atoms with Gasteiger partial charge in [-0.3, -0.25) is 4.79 Å². The number of fused-ring (bicyclic) bond motifs is 1. The van der Waals surface area contributed by atoms with E-state index in [1.807, 2.05) is 55.5 Å². The highest BCUT2D eigenvalue weighted by atomic mass is 16.5. The van der Waals surface area contributed by atoms with Crippen molar-refractivity contribution in [2.75, 3.05) is 13.2 Å². The predicted molar refractivity (Wildman–Crippen MR) is 128 cm³/mol. The molecule has 0 fully saturated rings. The van der Waals surface area contributed by atoms with Crippen molar-refractivity contribution in [2.45, 2.75) is 33.7 Å². The molecule has 0 aliphatic heterocycles. The minimum Gasteiger partial charge on any atom is -0.491 e. The summed E-state index contributed by atoms with van der Waals surface area (Å²) in [5.74, 6) is 1.83. The molecule has 0 bridgehead atoms. The van der Waals surface area contributed by atoms with E-state index >= 15 is 0 Å². The Bertz CT molecular complexity index is 1220. The van der Waals surface area contributed by atoms with Crippen LogP contribution in [-0.4, -0.2) is 28.6 Å². The minimum absolute atomic E-state index is 0.0604. The van der Waals surface area contributed by atoms with Crippen molar-refractivity contribution in [2.24, 2.45) is 0 Å². The molecule has 0 saturated carbocycles. The average Bonchev–Trinajstić information content (AvgIpc) is 3.13. The number of imidazole rings is 1. The van der Waals surface area contributed by atoms with E-state index in [-0.39, 0.29) is 5.91 Å². The molecule has 0 aliphatic rings. The summed E-state index contributed by atoms with van der Waals surface area (Å²) in [4.78, 5) is 17.3. The molecule has 0 radical (unpaired) electrons. The van der Waals surface area contributed by atoms with Crippen molar-refractivity contribution in [1.29, 1.82) is 0 Å². The van der Waals surface area contributed by atoms with Crippen LogP contribution in [0.4, 0.5) is 0 Å². The molecule has 5 heteroatoms. The van der Waals surface area contributed by atoms with Crippen LogP contribution in [0, 0.1) is 20.8 Å². The molecule has 0 atom stereocenters. The molecule has 164 valence electrons. The summed E-state index contributed by atoms with van der Waals surface area (Å²) < 4.78 is 8.33. The Morgan fingerprint density at radius 1 is 0.969 bits per heavy atom. The molecule has 1 N–H and O–H groups in total. The van der Waals surface area contributed by atoms with E-state index in [0.29, 0.717) is 31.7 Å². The van der Waals surface area contributed by atoms with Gasteiger partial charge in [-0.05, 0) is 56.2 Å². The van der Waals surface area contributed by atoms with E-state index in [1.165, 1.54) is 0 Å². The molecular weight excluding hydrogens is 398 g/mol. The second-order valence-electron chi connectivity index (χ2n) is 8.11. The summed E-state index contributed by atoms with van der Waals surface area (Å²) >= 11 is 0. The summed E-state index contributed by atoms with van der Waals surface area (Å²) in [5.41, 5.74) is 6.07. The topological polar surface area (TPSA) is 56.2 Å². The maximum Gasteiger partial charge on any atom is 0.251 e. The average molecular weight is 428 g/mol. The van der Waals surface area contributed by atoms with Gasteiger partial charge in [-0.2, -0.15) is 0 Å². The standard InChI is InChI=1S/C27H29N3O2/c1-19-8-6-11-22(18-19)27(31)28-15-14-25-29-23-12-4-5-13-24(23)30(25)16-17-32-26-20(2)9-7-10-21(26)3/h4-13,18H,14-17H2,1-3H3,(H,28,31). The summed E-state index contributed by atoms with van der Waals surface area (Å²) in [7, 11) is 0. The fraction of sp³-hybridized carbons (Fsp3) is 0.259. The van der Waals surface area contributed by atoms with Gasteiger partial charge in [0, 0.05) is 18.5 Å². The summed E-state index contributed by atoms with van der Waals surface area (Å²) in [6.45, 7) is 7.88. The van der Waals surface area contributed by atoms with Crippen LogP contribution in [0.25, 0.3) is 11.0 Å². The first kappa shape index (κ1) is 21.6. The zero-order chi connectivity index (χ0) is 22.5. The lowest BCUT2D eigenvalue weighted by Crippen LogP contribution is -2.26. The Balaban J connectivity index is 1.45. The van der Waals surface area contributed by atoms with Crippen LogP contribution in [0.1, 0.15) is 32.9 Å². The maximum absolute atomic E-state index is 12.5. The Kier molecular flexibility index (Phi) is 6.55. The third-order valence-electron chi connectivity index (χ3n) is 5.62. The molecule has 1 heterocycles. The first-order valence-corrected chi connectivity index (χ1v) is 11.0. The van der Waals surface area contributed by atoms with Crippen molar-refractivity contribution in [3.8, 4) is 5.75 Å². The normalized spacial score (nSPS) is 11.0. The molecule has 4 rings (SSSR count). The highest BCUT2D eigenvalue weighted by Gasteiger charge is 2.12. The van der Waals surface area contributed by atoms with Crippen LogP contribution in [0.3, 0.4) is 0 Å². The maximum atomic E-state index is 12.5. The number of carbonyl (C=O) groups excluding carboxylic acids is 1. The van der Waals surface area contributed by atoms with Crippen LogP contribution in [0.5, 0.6) is 5.75 Å². The van der Waals surface area contributed by atoms with Gasteiger partial charge in [0.15, 0.2) is 0 Å². The quantitative estimate of drug-likeness (QED) is 0.430. The molecule has 0 unspecified atom stereocenters. The van der Waals surface area contributed by atoms with Crippen LogP contribution >= 0.6 is 0 Å². The molecule has 4 aromatic rings. The minimum atomic E-state index is -0.0604. The number of aryl methyl sites for hydroxylation is 3. The number of amides is 1. The van der Waals surface area contributed by atoms with Crippen LogP contribution < -0.4 is 10.1 Å². The second kappa shape index (κ2) is 9.69. The molecule has 0 saturated heterocycles. The number of benzene rings is 3. The first-order chi connectivity index (χ1) is 15.5. The molecular formula is C27H29N3O2. The molecule has 3 aromatic carbocycles. The fourth-order valence-corrected chi connectivity index (χ4v) is 4.01. The van der Waals surface area contributed by atoms with Crippen LogP contribution in [-0.2, 0) is 13.0 Å². The van der Waals surface area contributed by atoms with Crippen molar-refractivity contribution >= 4 is 16.9 Å². The van der Waals surface area contributed by atoms with E-state index in [9.17, 15) is 4.79 Å². The number of para-hydroxylation sites is 3. The van der Waals surface area contributed by atoms with Crippen molar-refractivity contribution < 1.29 is 9.53 Å². The number of hydrogen-bond acceptors (Lipinski definition) is 3. The second-order valence-corrected chi connectivity index (χ2v) is 8.11. The molecule has 5 nitrogen and oxygen atoms in total. The number of hydrogen-bond donors (Lipinski definition) is 1. The molecule has 0 spiro atoms. The molecule has 1 aromatic heterocycles. The van der Waals surface area contributed by atoms with Crippen LogP contribution in [0.2, 0.25) is 0 Å². The van der Waals surface area contributed by atoms with Crippen molar-refractivity contribution in [1.82, 2.24) is 14.9 Å². The highest BCUT2D eigenvalue weighted by Crippen LogP contribution is 2.23. The Hall–Kier alpha value is -3.60. The lowest BCUT2D eigenvalue weighted by Gasteiger charge is -2.14. The summed E-state index contributed by atoms with van der Waals surface area (Å²) in [6, 6.07) is 21.9. The molecule has 1 amide bonds. The Morgan fingerprint density at radius 3 is 2.50 bits per heavy atom. The zero-order valence-electron chi connectivity index (χ0n) is 18.9. The van der Waals surface area contributed by atoms with E-state index in [0.717, 1.165) is 39.3 Å². The monoisotopic (exact) mass is 427 g/mol. The van der Waals surface area contributed by atoms with Crippen LogP contribution in [0.15, 0.2) is 66.7 Å². The van der Waals surface area contributed by atoms with Gasteiger partial charge in [-0.25, -0.2) is 4.98 Å². The molecule has 0 aliphatic carbocycles. The first-order valence-electron chi connectivity index (χ1n) is 11.0. The number of aromatic nitrogens is 2. The fourth-order valence-electron chi connectivity index (χ4n) is 4.01. The summed E-state index contributed by atoms with van der Waals surface area (Å²) in [5, 5.41) is 3.02. The van der Waals surface area contributed by atoms with Crippen molar-refractivity contribution in [3.63, 3.8) is 0 Å². The highest BCUT2D eigenvalue weighted by molar-refractivity contribution is 5.94. The third-order valence-corrected chi connectivity index (χ3v) is 5.62. The number of nitrogens with one attached hydrogen (secondary N) is 1. The van der Waals surface area contributed by atoms with Gasteiger partial charge in [0.1, 0.15) is 18.2 Å². The smallest absolute Gasteiger partial charge is 0.251 e. The zero-order valence-corrected chi connectivity index (χ0v) is 18.9. The van der Waals surface area contributed by atoms with E-state index < -0.39 is 0 Å². The number of ether oxygens (including phenoxy) is 1. The number of rotatable bonds is 8. The number of nitrogens with zero attached hydrogens (tertiary/aromatic N) is 2. The largest absolute Gasteiger partial charge is 0.491 e. The Labute approximate surface area is 189 Å². The van der Waals surface area contributed by atoms with Gasteiger partial charge < -0.3 is 14.6 Å². The number of carbonyl (C=O) groups is 1. The van der Waals surface area contributed by atoms with Gasteiger partial charge in [0.25, 0.3) is 5.91 Å². The van der Waals surface area contributed by atoms with Gasteiger partial charge in [0.2, 0.25) is 0 Å². The van der Waals surface area contributed by atoms with Gasteiger partial charge >= 0.3 is 0 Å². The van der Waals surface area contributed by atoms with E-state index in [2.05, 4.69) is 41.9 Å². The van der Waals surface area contributed by atoms with E-state index in [1.54, 1.807) is 0 Å².